The molecule has 85 heavy (non-hydrogen) atoms. The van der Waals surface area contributed by atoms with E-state index < -0.39 is 97.5 Å². The number of unbranched alkanes of at least 4 members (excludes halogenated alkanes) is 28. The van der Waals surface area contributed by atoms with Crippen molar-refractivity contribution in [1.29, 1.82) is 0 Å². The van der Waals surface area contributed by atoms with Crippen molar-refractivity contribution < 1.29 is 80.2 Å². The van der Waals surface area contributed by atoms with Gasteiger partial charge in [-0.1, -0.05) is 267 Å². The van der Waals surface area contributed by atoms with E-state index >= 15 is 0 Å². The standard InChI is InChI=1S/C66H128O17P2/c1-9-59(8)45-37-29-23-25-33-41-49-66(71)83-62(52-76-63(68)46-38-30-20-17-13-15-19-27-35-43-57(4)5)55-81-85(74,75)79-51-60(67)50-78-84(72,73)80-54-61(53-77-64(69)47-39-31-24-22-28-36-44-58(6)7)82-65(70)48-40-32-21-16-12-10-11-14-18-26-34-42-56(2)3/h56-62,67H,9-55H2,1-8H3,(H,72,73)(H,74,75)/t59?,60-,61+,62+/m0/s1. The van der Waals surface area contributed by atoms with E-state index in [0.717, 1.165) is 114 Å². The largest absolute Gasteiger partial charge is 0.472 e. The van der Waals surface area contributed by atoms with Crippen molar-refractivity contribution in [2.75, 3.05) is 39.6 Å². The Balaban J connectivity index is 5.24. The van der Waals surface area contributed by atoms with Gasteiger partial charge >= 0.3 is 39.5 Å². The van der Waals surface area contributed by atoms with Gasteiger partial charge in [-0.2, -0.15) is 0 Å². The summed E-state index contributed by atoms with van der Waals surface area (Å²) in [6.07, 6.45) is 36.4. The summed E-state index contributed by atoms with van der Waals surface area (Å²) in [5.74, 6) is 0.769. The second kappa shape index (κ2) is 56.1. The van der Waals surface area contributed by atoms with E-state index in [1.807, 2.05) is 0 Å². The lowest BCUT2D eigenvalue weighted by Gasteiger charge is -2.21. The molecule has 0 rings (SSSR count). The highest BCUT2D eigenvalue weighted by atomic mass is 31.2. The summed E-state index contributed by atoms with van der Waals surface area (Å²) in [6, 6.07) is 0. The second-order valence-electron chi connectivity index (χ2n) is 25.5. The van der Waals surface area contributed by atoms with Gasteiger partial charge < -0.3 is 33.8 Å². The summed E-state index contributed by atoms with van der Waals surface area (Å²) < 4.78 is 68.1. The average Bonchev–Trinajstić information content (AvgIpc) is 3.46. The van der Waals surface area contributed by atoms with E-state index in [2.05, 4.69) is 55.4 Å². The maximum absolute atomic E-state index is 13.0. The minimum absolute atomic E-state index is 0.102. The second-order valence-corrected chi connectivity index (χ2v) is 28.4. The van der Waals surface area contributed by atoms with E-state index in [4.69, 9.17) is 37.0 Å². The molecule has 17 nitrogen and oxygen atoms in total. The fraction of sp³-hybridized carbons (Fsp3) is 0.939. The topological polar surface area (TPSA) is 237 Å². The van der Waals surface area contributed by atoms with E-state index in [-0.39, 0.29) is 25.7 Å². The van der Waals surface area contributed by atoms with Gasteiger partial charge in [-0.3, -0.25) is 37.3 Å². The molecular formula is C66H128O17P2. The summed E-state index contributed by atoms with van der Waals surface area (Å²) in [4.78, 5) is 72.3. The molecule has 19 heteroatoms. The number of hydrogen-bond donors (Lipinski definition) is 3. The molecule has 3 unspecified atom stereocenters. The number of esters is 4. The molecule has 0 bridgehead atoms. The lowest BCUT2D eigenvalue weighted by atomic mass is 10.00. The van der Waals surface area contributed by atoms with Crippen LogP contribution in [0.5, 0.6) is 0 Å². The molecule has 0 saturated heterocycles. The van der Waals surface area contributed by atoms with Crippen LogP contribution in [0.4, 0.5) is 0 Å². The van der Waals surface area contributed by atoms with E-state index in [1.54, 1.807) is 0 Å². The van der Waals surface area contributed by atoms with Crippen molar-refractivity contribution in [1.82, 2.24) is 0 Å². The molecular weight excluding hydrogens is 1130 g/mol. The lowest BCUT2D eigenvalue weighted by molar-refractivity contribution is -0.161. The van der Waals surface area contributed by atoms with Crippen molar-refractivity contribution in [2.24, 2.45) is 23.7 Å². The monoisotopic (exact) mass is 1250 g/mol. The average molecular weight is 1260 g/mol. The molecule has 0 heterocycles. The Hall–Kier alpha value is -1.94. The first kappa shape index (κ1) is 83.1. The number of phosphoric ester groups is 2. The third-order valence-electron chi connectivity index (χ3n) is 15.4. The third kappa shape index (κ3) is 59.5. The molecule has 504 valence electrons. The van der Waals surface area contributed by atoms with Gasteiger partial charge in [0.2, 0.25) is 0 Å². The number of aliphatic hydroxyl groups excluding tert-OH is 1. The van der Waals surface area contributed by atoms with Gasteiger partial charge in [0.15, 0.2) is 12.2 Å². The smallest absolute Gasteiger partial charge is 0.462 e. The molecule has 6 atom stereocenters. The number of phosphoric acid groups is 2. The molecule has 0 aromatic rings. The van der Waals surface area contributed by atoms with E-state index in [0.29, 0.717) is 31.6 Å². The number of hydrogen-bond acceptors (Lipinski definition) is 15. The van der Waals surface area contributed by atoms with Gasteiger partial charge in [0.25, 0.3) is 0 Å². The van der Waals surface area contributed by atoms with Crippen molar-refractivity contribution >= 4 is 39.5 Å². The summed E-state index contributed by atoms with van der Waals surface area (Å²) in [6.45, 7) is 14.0. The Morgan fingerprint density at radius 2 is 0.565 bits per heavy atom. The third-order valence-corrected chi connectivity index (χ3v) is 17.3. The van der Waals surface area contributed by atoms with Gasteiger partial charge in [0, 0.05) is 25.7 Å². The molecule has 0 aliphatic carbocycles. The van der Waals surface area contributed by atoms with Crippen LogP contribution in [0.3, 0.4) is 0 Å². The molecule has 0 radical (unpaired) electrons. The predicted molar refractivity (Wildman–Crippen MR) is 340 cm³/mol. The fourth-order valence-electron chi connectivity index (χ4n) is 9.75. The van der Waals surface area contributed by atoms with Crippen molar-refractivity contribution in [3.63, 3.8) is 0 Å². The summed E-state index contributed by atoms with van der Waals surface area (Å²) >= 11 is 0. The predicted octanol–water partition coefficient (Wildman–Crippen LogP) is 18.1. The van der Waals surface area contributed by atoms with Gasteiger partial charge in [-0.25, -0.2) is 9.13 Å². The number of aliphatic hydroxyl groups is 1. The Kier molecular flexibility index (Phi) is 54.8. The minimum atomic E-state index is -4.95. The Bertz CT molecular complexity index is 1700. The van der Waals surface area contributed by atoms with Crippen LogP contribution >= 0.6 is 15.6 Å². The molecule has 0 saturated carbocycles. The van der Waals surface area contributed by atoms with Crippen LogP contribution in [0, 0.1) is 23.7 Å². The van der Waals surface area contributed by atoms with Crippen molar-refractivity contribution in [3.05, 3.63) is 0 Å². The SMILES string of the molecule is CCC(C)CCCCCCCCC(=O)O[C@H](COC(=O)CCCCCCCCCCCC(C)C)COP(=O)(O)OC[C@@H](O)COP(=O)(O)OC[C@@H](COC(=O)CCCCCCCCC(C)C)OC(=O)CCCCCCCCCCCCCC(C)C. The van der Waals surface area contributed by atoms with Crippen LogP contribution < -0.4 is 0 Å². The number of rotatable bonds is 63. The first-order valence-corrected chi connectivity index (χ1v) is 37.2. The van der Waals surface area contributed by atoms with Crippen LogP contribution in [-0.2, 0) is 65.4 Å². The quantitative estimate of drug-likeness (QED) is 0.0222. The van der Waals surface area contributed by atoms with Crippen molar-refractivity contribution in [2.45, 2.75) is 337 Å². The summed E-state index contributed by atoms with van der Waals surface area (Å²) in [5.41, 5.74) is 0. The van der Waals surface area contributed by atoms with E-state index in [9.17, 15) is 43.2 Å². The van der Waals surface area contributed by atoms with Crippen LogP contribution in [-0.4, -0.2) is 96.7 Å². The maximum atomic E-state index is 13.0. The normalized spacial score (nSPS) is 14.7. The molecule has 3 N–H and O–H groups in total. The molecule has 0 aliphatic rings. The molecule has 0 fully saturated rings. The van der Waals surface area contributed by atoms with Gasteiger partial charge in [0.1, 0.15) is 19.3 Å². The van der Waals surface area contributed by atoms with Crippen molar-refractivity contribution in [3.8, 4) is 0 Å². The van der Waals surface area contributed by atoms with Gasteiger partial charge in [-0.05, 0) is 49.4 Å². The molecule has 0 aromatic heterocycles. The van der Waals surface area contributed by atoms with E-state index in [1.165, 1.54) is 116 Å². The van der Waals surface area contributed by atoms with Gasteiger partial charge in [-0.15, -0.1) is 0 Å². The Morgan fingerprint density at radius 3 is 0.835 bits per heavy atom. The Morgan fingerprint density at radius 1 is 0.329 bits per heavy atom. The molecule has 0 spiro atoms. The number of carbonyl (C=O) groups is 4. The van der Waals surface area contributed by atoms with Crippen LogP contribution in [0.2, 0.25) is 0 Å². The molecule has 0 aliphatic heterocycles. The first-order chi connectivity index (χ1) is 40.6. The molecule has 0 aromatic carbocycles. The zero-order chi connectivity index (χ0) is 63.2. The zero-order valence-corrected chi connectivity index (χ0v) is 57.0. The summed E-state index contributed by atoms with van der Waals surface area (Å²) in [7, 11) is -9.89. The molecule has 0 amide bonds. The lowest BCUT2D eigenvalue weighted by Crippen LogP contribution is -2.30. The fourth-order valence-corrected chi connectivity index (χ4v) is 11.3. The highest BCUT2D eigenvalue weighted by molar-refractivity contribution is 7.47. The van der Waals surface area contributed by atoms with Crippen LogP contribution in [0.25, 0.3) is 0 Å². The summed E-state index contributed by atoms with van der Waals surface area (Å²) in [5, 5.41) is 10.5. The Labute approximate surface area is 517 Å². The maximum Gasteiger partial charge on any atom is 0.472 e. The van der Waals surface area contributed by atoms with Crippen LogP contribution in [0.1, 0.15) is 319 Å². The van der Waals surface area contributed by atoms with Crippen LogP contribution in [0.15, 0.2) is 0 Å². The highest BCUT2D eigenvalue weighted by Gasteiger charge is 2.30. The minimum Gasteiger partial charge on any atom is -0.462 e. The van der Waals surface area contributed by atoms with Gasteiger partial charge in [0.05, 0.1) is 26.4 Å². The highest BCUT2D eigenvalue weighted by Crippen LogP contribution is 2.45. The first-order valence-electron chi connectivity index (χ1n) is 34.2. The number of ether oxygens (including phenoxy) is 4. The zero-order valence-electron chi connectivity index (χ0n) is 55.2. The number of carbonyl (C=O) groups excluding carboxylic acids is 4.